The summed E-state index contributed by atoms with van der Waals surface area (Å²) < 4.78 is 42.0. The number of halogens is 3. The first-order chi connectivity index (χ1) is 14.2. The van der Waals surface area contributed by atoms with Crippen LogP contribution in [0.1, 0.15) is 53.5 Å². The third kappa shape index (κ3) is 4.67. The molecule has 1 unspecified atom stereocenters. The van der Waals surface area contributed by atoms with Crippen LogP contribution in [-0.4, -0.2) is 25.7 Å². The highest BCUT2D eigenvalue weighted by Crippen LogP contribution is 2.36. The van der Waals surface area contributed by atoms with Crippen LogP contribution in [0.5, 0.6) is 0 Å². The summed E-state index contributed by atoms with van der Waals surface area (Å²) in [6.07, 6.45) is -1.23. The molecule has 3 aromatic rings. The van der Waals surface area contributed by atoms with Crippen molar-refractivity contribution in [2.45, 2.75) is 38.8 Å². The number of hydrogen-bond donors (Lipinski definition) is 1. The van der Waals surface area contributed by atoms with Gasteiger partial charge in [-0.2, -0.15) is 18.3 Å². The summed E-state index contributed by atoms with van der Waals surface area (Å²) in [5, 5.41) is 3.66. The lowest BCUT2D eigenvalue weighted by molar-refractivity contribution is -0.141. The summed E-state index contributed by atoms with van der Waals surface area (Å²) in [7, 11) is 0. The number of carbonyl (C=O) groups excluding carboxylic acids is 1. The van der Waals surface area contributed by atoms with Gasteiger partial charge in [-0.1, -0.05) is 44.2 Å². The molecule has 6 nitrogen and oxygen atoms in total. The van der Waals surface area contributed by atoms with Gasteiger partial charge in [-0.05, 0) is 36.3 Å². The first kappa shape index (κ1) is 21.5. The van der Waals surface area contributed by atoms with Crippen molar-refractivity contribution >= 4 is 5.91 Å². The van der Waals surface area contributed by atoms with E-state index in [1.807, 2.05) is 44.2 Å². The molecule has 1 atom stereocenters. The Hall–Kier alpha value is -3.23. The molecular weight excluding hydrogens is 395 g/mol. The molecule has 1 aromatic carbocycles. The van der Waals surface area contributed by atoms with Crippen LogP contribution in [0, 0.1) is 5.92 Å². The fourth-order valence-electron chi connectivity index (χ4n) is 3.53. The monoisotopic (exact) mass is 417 g/mol. The molecule has 0 aliphatic rings. The minimum absolute atomic E-state index is 0.0514. The number of aromatic nitrogens is 4. The molecule has 0 spiro atoms. The van der Waals surface area contributed by atoms with Crippen LogP contribution in [0.15, 0.2) is 48.8 Å². The maximum absolute atomic E-state index is 13.7. The highest BCUT2D eigenvalue weighted by atomic mass is 19.4. The second-order valence-electron chi connectivity index (χ2n) is 7.43. The number of carbonyl (C=O) groups is 1. The predicted molar refractivity (Wildman–Crippen MR) is 105 cm³/mol. The van der Waals surface area contributed by atoms with Gasteiger partial charge in [0.15, 0.2) is 5.69 Å². The van der Waals surface area contributed by atoms with Crippen molar-refractivity contribution in [3.05, 3.63) is 71.3 Å². The van der Waals surface area contributed by atoms with E-state index in [0.29, 0.717) is 6.42 Å². The largest absolute Gasteiger partial charge is 0.436 e. The summed E-state index contributed by atoms with van der Waals surface area (Å²) in [6.45, 7) is 4.06. The average Bonchev–Trinajstić information content (AvgIpc) is 3.08. The summed E-state index contributed by atoms with van der Waals surface area (Å²) in [5.74, 6) is -1.11. The molecule has 0 aliphatic carbocycles. The van der Waals surface area contributed by atoms with E-state index in [-0.39, 0.29) is 29.9 Å². The lowest BCUT2D eigenvalue weighted by atomic mass is 9.86. The molecular formula is C21H22F3N5O. The topological polar surface area (TPSA) is 86.7 Å². The number of nitrogens with two attached hydrogens (primary N) is 1. The van der Waals surface area contributed by atoms with E-state index in [2.05, 4.69) is 15.1 Å². The number of primary amides is 1. The minimum atomic E-state index is -4.85. The zero-order chi connectivity index (χ0) is 21.9. The minimum Gasteiger partial charge on any atom is -0.365 e. The summed E-state index contributed by atoms with van der Waals surface area (Å²) in [5.41, 5.74) is 4.43. The molecule has 0 radical (unpaired) electrons. The number of benzene rings is 1. The Kier molecular flexibility index (Phi) is 6.19. The first-order valence-electron chi connectivity index (χ1n) is 9.49. The smallest absolute Gasteiger partial charge is 0.365 e. The van der Waals surface area contributed by atoms with Crippen LogP contribution in [0.2, 0.25) is 0 Å². The first-order valence-corrected chi connectivity index (χ1v) is 9.49. The van der Waals surface area contributed by atoms with Crippen LogP contribution in [0.4, 0.5) is 13.2 Å². The van der Waals surface area contributed by atoms with E-state index in [0.717, 1.165) is 10.2 Å². The van der Waals surface area contributed by atoms with Crippen molar-refractivity contribution in [2.75, 3.05) is 0 Å². The van der Waals surface area contributed by atoms with Gasteiger partial charge in [0.2, 0.25) is 0 Å². The van der Waals surface area contributed by atoms with Crippen LogP contribution < -0.4 is 5.73 Å². The van der Waals surface area contributed by atoms with Crippen molar-refractivity contribution in [1.82, 2.24) is 19.7 Å². The number of rotatable bonds is 7. The van der Waals surface area contributed by atoms with E-state index in [1.165, 1.54) is 18.5 Å². The second kappa shape index (κ2) is 8.64. The van der Waals surface area contributed by atoms with Crippen molar-refractivity contribution in [1.29, 1.82) is 0 Å². The predicted octanol–water partition coefficient (Wildman–Crippen LogP) is 4.15. The standard InChI is InChI=1S/C21H22F3N5O/c1-13(2)11-15(14-7-4-3-5-8-14)12-16-17(19(25)30)18(21(22,23)24)28-29(16)20-26-9-6-10-27-20/h3-10,13,15H,11-12H2,1-2H3,(H2,25,30). The Morgan fingerprint density at radius 3 is 2.27 bits per heavy atom. The van der Waals surface area contributed by atoms with Gasteiger partial charge in [0.1, 0.15) is 0 Å². The van der Waals surface area contributed by atoms with Crippen molar-refractivity contribution in [3.63, 3.8) is 0 Å². The van der Waals surface area contributed by atoms with Crippen LogP contribution in [0.3, 0.4) is 0 Å². The van der Waals surface area contributed by atoms with Gasteiger partial charge < -0.3 is 5.73 Å². The third-order valence-electron chi connectivity index (χ3n) is 4.70. The molecule has 0 saturated heterocycles. The molecule has 2 heterocycles. The van der Waals surface area contributed by atoms with Gasteiger partial charge in [-0.3, -0.25) is 4.79 Å². The Balaban J connectivity index is 2.20. The van der Waals surface area contributed by atoms with E-state index < -0.39 is 23.3 Å². The Labute approximate surface area is 172 Å². The summed E-state index contributed by atoms with van der Waals surface area (Å²) in [6, 6.07) is 11.0. The fraction of sp³-hybridized carbons (Fsp3) is 0.333. The van der Waals surface area contributed by atoms with Crippen molar-refractivity contribution in [2.24, 2.45) is 11.7 Å². The Morgan fingerprint density at radius 2 is 1.73 bits per heavy atom. The van der Waals surface area contributed by atoms with E-state index in [1.54, 1.807) is 0 Å². The SMILES string of the molecule is CC(C)CC(Cc1c(C(N)=O)c(C(F)(F)F)nn1-c1ncccn1)c1ccccc1. The third-order valence-corrected chi connectivity index (χ3v) is 4.70. The van der Waals surface area contributed by atoms with Gasteiger partial charge in [0.25, 0.3) is 11.9 Å². The van der Waals surface area contributed by atoms with Gasteiger partial charge in [-0.15, -0.1) is 0 Å². The maximum Gasteiger partial charge on any atom is 0.436 e. The fourth-order valence-corrected chi connectivity index (χ4v) is 3.53. The molecule has 158 valence electrons. The van der Waals surface area contributed by atoms with Gasteiger partial charge >= 0.3 is 6.18 Å². The molecule has 30 heavy (non-hydrogen) atoms. The Bertz CT molecular complexity index is 1000. The molecule has 0 fully saturated rings. The molecule has 9 heteroatoms. The zero-order valence-corrected chi connectivity index (χ0v) is 16.6. The lowest BCUT2D eigenvalue weighted by Crippen LogP contribution is -2.20. The summed E-state index contributed by atoms with van der Waals surface area (Å²) in [4.78, 5) is 20.1. The van der Waals surface area contributed by atoms with E-state index in [4.69, 9.17) is 5.73 Å². The molecule has 3 rings (SSSR count). The van der Waals surface area contributed by atoms with Gasteiger partial charge in [-0.25, -0.2) is 14.6 Å². The van der Waals surface area contributed by atoms with Crippen LogP contribution >= 0.6 is 0 Å². The highest BCUT2D eigenvalue weighted by molar-refractivity contribution is 5.95. The van der Waals surface area contributed by atoms with Crippen LogP contribution in [0.25, 0.3) is 5.95 Å². The highest BCUT2D eigenvalue weighted by Gasteiger charge is 2.42. The molecule has 2 aromatic heterocycles. The zero-order valence-electron chi connectivity index (χ0n) is 16.6. The van der Waals surface area contributed by atoms with Crippen molar-refractivity contribution in [3.8, 4) is 5.95 Å². The molecule has 0 saturated carbocycles. The van der Waals surface area contributed by atoms with Crippen LogP contribution in [-0.2, 0) is 12.6 Å². The quantitative estimate of drug-likeness (QED) is 0.626. The summed E-state index contributed by atoms with van der Waals surface area (Å²) >= 11 is 0. The molecule has 0 aliphatic heterocycles. The lowest BCUT2D eigenvalue weighted by Gasteiger charge is -2.20. The average molecular weight is 417 g/mol. The van der Waals surface area contributed by atoms with Gasteiger partial charge in [0, 0.05) is 12.4 Å². The number of nitrogens with zero attached hydrogens (tertiary/aromatic N) is 4. The maximum atomic E-state index is 13.7. The second-order valence-corrected chi connectivity index (χ2v) is 7.43. The molecule has 1 amide bonds. The normalized spacial score (nSPS) is 12.9. The number of alkyl halides is 3. The molecule has 0 bridgehead atoms. The Morgan fingerprint density at radius 1 is 1.10 bits per heavy atom. The van der Waals surface area contributed by atoms with Crippen molar-refractivity contribution < 1.29 is 18.0 Å². The van der Waals surface area contributed by atoms with E-state index in [9.17, 15) is 18.0 Å². The number of hydrogen-bond acceptors (Lipinski definition) is 4. The van der Waals surface area contributed by atoms with E-state index >= 15 is 0 Å². The number of amides is 1. The van der Waals surface area contributed by atoms with Gasteiger partial charge in [0.05, 0.1) is 11.3 Å². The molecule has 2 N–H and O–H groups in total.